The molecule has 0 spiro atoms. The highest BCUT2D eigenvalue weighted by atomic mass is 79.9. The van der Waals surface area contributed by atoms with Crippen molar-refractivity contribution in [3.05, 3.63) is 52.1 Å². The van der Waals surface area contributed by atoms with E-state index in [1.165, 1.54) is 12.1 Å². The van der Waals surface area contributed by atoms with Crippen molar-refractivity contribution in [1.29, 1.82) is 0 Å². The van der Waals surface area contributed by atoms with Gasteiger partial charge in [0.05, 0.1) is 10.3 Å². The molecule has 3 aromatic rings. The minimum atomic E-state index is -4.35. The molecule has 0 saturated carbocycles. The lowest BCUT2D eigenvalue weighted by molar-refractivity contribution is 0.387. The number of hydrogen-bond acceptors (Lipinski definition) is 1. The molecule has 7 heteroatoms. The first-order chi connectivity index (χ1) is 9.88. The summed E-state index contributed by atoms with van der Waals surface area (Å²) < 4.78 is 12.0. The number of fused-ring (bicyclic) bond motifs is 1. The number of nitrogens with one attached hydrogen (secondary N) is 1. The highest BCUT2D eigenvalue weighted by molar-refractivity contribution is 9.10. The molecule has 0 aliphatic heterocycles. The van der Waals surface area contributed by atoms with Gasteiger partial charge in [-0.05, 0) is 34.1 Å². The first-order valence-corrected chi connectivity index (χ1v) is 8.78. The van der Waals surface area contributed by atoms with Crippen LogP contribution in [-0.2, 0) is 4.57 Å². The lowest BCUT2D eigenvalue weighted by Crippen LogP contribution is -2.04. The summed E-state index contributed by atoms with van der Waals surface area (Å²) in [6.07, 6.45) is 1.78. The molecule has 3 N–H and O–H groups in total. The maximum atomic E-state index is 11.5. The summed E-state index contributed by atoms with van der Waals surface area (Å²) in [4.78, 5) is 21.9. The molecule has 1 heterocycles. The third-order valence-corrected chi connectivity index (χ3v) is 5.42. The van der Waals surface area contributed by atoms with Crippen molar-refractivity contribution in [2.75, 3.05) is 0 Å². The van der Waals surface area contributed by atoms with Gasteiger partial charge in [-0.15, -0.1) is 0 Å². The number of hydrogen-bond donors (Lipinski definition) is 3. The van der Waals surface area contributed by atoms with Crippen molar-refractivity contribution in [3.8, 4) is 11.1 Å². The molecular formula is C14H10BrClNO3P. The molecule has 0 unspecified atom stereocenters. The minimum Gasteiger partial charge on any atom is -0.361 e. The molecule has 3 rings (SSSR count). The standard InChI is InChI=1S/C14H10BrClNO3P/c15-12-6-8(21(18,19)20)5-10(14(12)16)11-7-17-13-4-2-1-3-9(11)13/h1-7,17H,(H2,18,19,20). The van der Waals surface area contributed by atoms with Crippen LogP contribution in [-0.4, -0.2) is 14.8 Å². The van der Waals surface area contributed by atoms with E-state index in [9.17, 15) is 14.4 Å². The number of benzene rings is 2. The molecule has 0 amide bonds. The highest BCUT2D eigenvalue weighted by Gasteiger charge is 2.22. The molecule has 0 atom stereocenters. The Kier molecular flexibility index (Phi) is 3.72. The van der Waals surface area contributed by atoms with Gasteiger partial charge in [0.25, 0.3) is 0 Å². The topological polar surface area (TPSA) is 73.3 Å². The Bertz CT molecular complexity index is 887. The summed E-state index contributed by atoms with van der Waals surface area (Å²) in [5.74, 6) is 0. The molecule has 0 saturated heterocycles. The number of aromatic nitrogens is 1. The van der Waals surface area contributed by atoms with Crippen LogP contribution in [0.2, 0.25) is 5.02 Å². The number of halogens is 2. The molecule has 21 heavy (non-hydrogen) atoms. The van der Waals surface area contributed by atoms with Crippen molar-refractivity contribution in [3.63, 3.8) is 0 Å². The molecular weight excluding hydrogens is 376 g/mol. The van der Waals surface area contributed by atoms with Gasteiger partial charge in [-0.2, -0.15) is 0 Å². The van der Waals surface area contributed by atoms with E-state index >= 15 is 0 Å². The summed E-state index contributed by atoms with van der Waals surface area (Å²) in [6.45, 7) is 0. The van der Waals surface area contributed by atoms with Gasteiger partial charge >= 0.3 is 7.60 Å². The summed E-state index contributed by atoms with van der Waals surface area (Å²) in [6, 6.07) is 10.4. The van der Waals surface area contributed by atoms with E-state index in [1.54, 1.807) is 6.20 Å². The van der Waals surface area contributed by atoms with Crippen LogP contribution in [0.1, 0.15) is 0 Å². The van der Waals surface area contributed by atoms with Crippen LogP contribution in [0, 0.1) is 0 Å². The minimum absolute atomic E-state index is 0.0703. The van der Waals surface area contributed by atoms with Gasteiger partial charge in [0.1, 0.15) is 0 Å². The average molecular weight is 387 g/mol. The van der Waals surface area contributed by atoms with Crippen LogP contribution in [0.4, 0.5) is 0 Å². The Morgan fingerprint density at radius 2 is 1.86 bits per heavy atom. The number of H-pyrrole nitrogens is 1. The SMILES string of the molecule is O=P(O)(O)c1cc(Br)c(Cl)c(-c2c[nH]c3ccccc23)c1. The van der Waals surface area contributed by atoms with E-state index in [0.29, 0.717) is 15.1 Å². The van der Waals surface area contributed by atoms with Crippen molar-refractivity contribution in [2.24, 2.45) is 0 Å². The lowest BCUT2D eigenvalue weighted by atomic mass is 10.0. The van der Waals surface area contributed by atoms with Crippen molar-refractivity contribution >= 4 is 51.3 Å². The van der Waals surface area contributed by atoms with Gasteiger partial charge in [0, 0.05) is 32.7 Å². The maximum absolute atomic E-state index is 11.5. The molecule has 0 bridgehead atoms. The monoisotopic (exact) mass is 385 g/mol. The zero-order valence-corrected chi connectivity index (χ0v) is 13.8. The van der Waals surface area contributed by atoms with Crippen LogP contribution in [0.3, 0.4) is 0 Å². The molecule has 108 valence electrons. The third kappa shape index (κ3) is 2.68. The Balaban J connectivity index is 2.32. The van der Waals surface area contributed by atoms with E-state index in [1.807, 2.05) is 24.3 Å². The summed E-state index contributed by atoms with van der Waals surface area (Å²) >= 11 is 9.55. The Morgan fingerprint density at radius 3 is 2.57 bits per heavy atom. The second-order valence-electron chi connectivity index (χ2n) is 4.58. The molecule has 2 aromatic carbocycles. The van der Waals surface area contributed by atoms with E-state index < -0.39 is 7.60 Å². The van der Waals surface area contributed by atoms with Gasteiger partial charge in [0.2, 0.25) is 0 Å². The zero-order valence-electron chi connectivity index (χ0n) is 10.5. The fourth-order valence-electron chi connectivity index (χ4n) is 2.23. The predicted octanol–water partition coefficient (Wildman–Crippen LogP) is 4.05. The smallest absolute Gasteiger partial charge is 0.356 e. The molecule has 0 aliphatic rings. The average Bonchev–Trinajstić information content (AvgIpc) is 2.84. The number of para-hydroxylation sites is 1. The van der Waals surface area contributed by atoms with E-state index in [2.05, 4.69) is 20.9 Å². The van der Waals surface area contributed by atoms with Gasteiger partial charge in [-0.1, -0.05) is 29.8 Å². The molecule has 0 aliphatic carbocycles. The Labute approximate surface area is 134 Å². The molecule has 1 aromatic heterocycles. The first kappa shape index (κ1) is 14.8. The van der Waals surface area contributed by atoms with E-state index in [-0.39, 0.29) is 5.30 Å². The fraction of sp³-hybridized carbons (Fsp3) is 0. The summed E-state index contributed by atoms with van der Waals surface area (Å²) in [5, 5.41) is 1.28. The normalized spacial score (nSPS) is 12.0. The Morgan fingerprint density at radius 1 is 1.14 bits per heavy atom. The summed E-state index contributed by atoms with van der Waals surface area (Å²) in [5.41, 5.74) is 2.30. The van der Waals surface area contributed by atoms with Gasteiger partial charge in [-0.3, -0.25) is 4.57 Å². The third-order valence-electron chi connectivity index (χ3n) is 3.23. The fourth-order valence-corrected chi connectivity index (χ4v) is 3.68. The second-order valence-corrected chi connectivity index (χ2v) is 7.42. The van der Waals surface area contributed by atoms with Gasteiger partial charge in [-0.25, -0.2) is 0 Å². The predicted molar refractivity (Wildman–Crippen MR) is 88.1 cm³/mol. The van der Waals surface area contributed by atoms with Gasteiger partial charge in [0.15, 0.2) is 0 Å². The van der Waals surface area contributed by atoms with Crippen LogP contribution < -0.4 is 5.30 Å². The largest absolute Gasteiger partial charge is 0.361 e. The molecule has 0 fully saturated rings. The van der Waals surface area contributed by atoms with Gasteiger partial charge < -0.3 is 14.8 Å². The van der Waals surface area contributed by atoms with E-state index in [4.69, 9.17) is 11.6 Å². The highest BCUT2D eigenvalue weighted by Crippen LogP contribution is 2.41. The van der Waals surface area contributed by atoms with Crippen molar-refractivity contribution in [1.82, 2.24) is 4.98 Å². The van der Waals surface area contributed by atoms with Crippen LogP contribution in [0.25, 0.3) is 22.0 Å². The van der Waals surface area contributed by atoms with E-state index in [0.717, 1.165) is 16.5 Å². The summed E-state index contributed by atoms with van der Waals surface area (Å²) in [7, 11) is -4.35. The molecule has 0 radical (unpaired) electrons. The second kappa shape index (κ2) is 5.27. The molecule has 4 nitrogen and oxygen atoms in total. The zero-order chi connectivity index (χ0) is 15.2. The Hall–Kier alpha value is -1.10. The van der Waals surface area contributed by atoms with Crippen LogP contribution in [0.5, 0.6) is 0 Å². The van der Waals surface area contributed by atoms with Crippen molar-refractivity contribution in [2.45, 2.75) is 0 Å². The maximum Gasteiger partial charge on any atom is 0.356 e. The van der Waals surface area contributed by atoms with Crippen molar-refractivity contribution < 1.29 is 14.4 Å². The van der Waals surface area contributed by atoms with Crippen LogP contribution in [0.15, 0.2) is 47.1 Å². The first-order valence-electron chi connectivity index (χ1n) is 5.99. The number of rotatable bonds is 2. The van der Waals surface area contributed by atoms with Crippen LogP contribution >= 0.6 is 35.1 Å². The lowest BCUT2D eigenvalue weighted by Gasteiger charge is -2.10. The number of aromatic amines is 1. The quantitative estimate of drug-likeness (QED) is 0.582.